The number of carbonyl (C=O) groups excluding carboxylic acids is 4. The van der Waals surface area contributed by atoms with E-state index in [1.807, 2.05) is 0 Å². The molecule has 0 aliphatic heterocycles. The third kappa shape index (κ3) is 30.0. The van der Waals surface area contributed by atoms with Crippen LogP contribution >= 0.6 is 0 Å². The third-order valence-corrected chi connectivity index (χ3v) is 2.24. The van der Waals surface area contributed by atoms with E-state index in [0.717, 1.165) is 9.80 Å². The van der Waals surface area contributed by atoms with Crippen LogP contribution in [0.3, 0.4) is 0 Å². The summed E-state index contributed by atoms with van der Waals surface area (Å²) in [4.78, 5) is 47.1. The molecule has 0 spiro atoms. The van der Waals surface area contributed by atoms with Gasteiger partial charge in [-0.3, -0.25) is 14.6 Å². The van der Waals surface area contributed by atoms with E-state index < -0.39 is 50.1 Å². The molecular formula is C10H16N2Na4O11. The Morgan fingerprint density at radius 1 is 0.630 bits per heavy atom. The van der Waals surface area contributed by atoms with E-state index >= 15 is 0 Å². The second-order valence-electron chi connectivity index (χ2n) is 3.99. The number of nitrogens with zero attached hydrogens (tertiary/aromatic N) is 2. The number of aliphatic carboxylic acids is 3. The van der Waals surface area contributed by atoms with Crippen molar-refractivity contribution in [1.29, 1.82) is 0 Å². The van der Waals surface area contributed by atoms with Crippen molar-refractivity contribution in [1.82, 2.24) is 9.80 Å². The Labute approximate surface area is 243 Å². The first-order chi connectivity index (χ1) is 9.74. The molecule has 0 radical (unpaired) electrons. The Balaban J connectivity index is -0.000000133. The Morgan fingerprint density at radius 3 is 1.11 bits per heavy atom. The average Bonchev–Trinajstić information content (AvgIpc) is 2.33. The second-order valence-corrected chi connectivity index (χ2v) is 3.99. The summed E-state index contributed by atoms with van der Waals surface area (Å²) in [5, 5.41) is 41.2. The van der Waals surface area contributed by atoms with Gasteiger partial charge in [-0.25, -0.2) is 0 Å². The van der Waals surface area contributed by atoms with E-state index in [9.17, 15) is 39.8 Å². The van der Waals surface area contributed by atoms with Crippen molar-refractivity contribution in [3.05, 3.63) is 0 Å². The summed E-state index contributed by atoms with van der Waals surface area (Å²) >= 11 is 0. The first-order valence-electron chi connectivity index (χ1n) is 5.61. The summed E-state index contributed by atoms with van der Waals surface area (Å²) in [5.74, 6) is -5.87. The molecule has 0 aliphatic rings. The second kappa shape index (κ2) is 27.7. The number of carboxylic acid groups (broad SMARTS) is 3. The average molecular weight is 432 g/mol. The quantitative estimate of drug-likeness (QED) is 0.169. The largest absolute Gasteiger partial charge is 1.00 e. The normalized spacial score (nSPS) is 8.26. The standard InChI is InChI=1S/C10H16N2O9.4Na.2H2O/c13-7(14)3-11(4-8(15)16)1-2-12(5-9(17)18)6-10(19)21-20;;;;;;/h20H,1-6H2,(H,13,14)(H,15,16)(H,17,18);;;;;2*1H2/q;4*+1;;/p-4. The molecule has 0 rings (SSSR count). The number of hydrogen-bond donors (Lipinski definition) is 0. The zero-order valence-electron chi connectivity index (χ0n) is 15.8. The fourth-order valence-electron chi connectivity index (χ4n) is 1.47. The molecule has 0 saturated carbocycles. The van der Waals surface area contributed by atoms with Gasteiger partial charge >= 0.3 is 124 Å². The molecule has 0 saturated heterocycles. The van der Waals surface area contributed by atoms with E-state index in [0.29, 0.717) is 0 Å². The molecule has 0 aromatic rings. The van der Waals surface area contributed by atoms with Crippen LogP contribution in [0.25, 0.3) is 0 Å². The molecule has 27 heavy (non-hydrogen) atoms. The van der Waals surface area contributed by atoms with Crippen molar-refractivity contribution in [3.63, 3.8) is 0 Å². The van der Waals surface area contributed by atoms with E-state index in [-0.39, 0.29) is 142 Å². The Morgan fingerprint density at radius 2 is 0.889 bits per heavy atom. The van der Waals surface area contributed by atoms with Crippen LogP contribution in [0.4, 0.5) is 0 Å². The predicted octanol–water partition coefficient (Wildman–Crippen LogP) is -21.0. The summed E-state index contributed by atoms with van der Waals surface area (Å²) in [7, 11) is 0. The maximum Gasteiger partial charge on any atom is 1.00 e. The summed E-state index contributed by atoms with van der Waals surface area (Å²) in [6, 6.07) is 0. The van der Waals surface area contributed by atoms with Crippen molar-refractivity contribution < 1.29 is 174 Å². The minimum atomic E-state index is -1.54. The zero-order valence-corrected chi connectivity index (χ0v) is 23.8. The third-order valence-electron chi connectivity index (χ3n) is 2.24. The van der Waals surface area contributed by atoms with Gasteiger partial charge in [-0.05, 0) is 0 Å². The fraction of sp³-hybridized carbons (Fsp3) is 0.600. The first-order valence-corrected chi connectivity index (χ1v) is 5.61. The van der Waals surface area contributed by atoms with E-state index in [1.54, 1.807) is 0 Å². The van der Waals surface area contributed by atoms with Crippen LogP contribution in [0, 0.1) is 0 Å². The van der Waals surface area contributed by atoms with Crippen LogP contribution in [0.1, 0.15) is 0 Å². The molecule has 0 aliphatic carbocycles. The monoisotopic (exact) mass is 432 g/mol. The predicted molar refractivity (Wildman–Crippen MR) is 61.2 cm³/mol. The van der Waals surface area contributed by atoms with E-state index in [1.165, 1.54) is 0 Å². The molecule has 0 atom stereocenters. The van der Waals surface area contributed by atoms with Crippen LogP contribution < -0.4 is 139 Å². The summed E-state index contributed by atoms with van der Waals surface area (Å²) in [6.07, 6.45) is 0. The van der Waals surface area contributed by atoms with Crippen molar-refractivity contribution in [2.45, 2.75) is 0 Å². The fourth-order valence-corrected chi connectivity index (χ4v) is 1.47. The Bertz CT molecular complexity index is 401. The number of hydrogen-bond acceptors (Lipinski definition) is 11. The molecule has 4 N–H and O–H groups in total. The molecule has 13 nitrogen and oxygen atoms in total. The topological polar surface area (TPSA) is 239 Å². The van der Waals surface area contributed by atoms with Crippen LogP contribution in [0.15, 0.2) is 0 Å². The van der Waals surface area contributed by atoms with Gasteiger partial charge in [0.05, 0.1) is 24.5 Å². The molecule has 0 heterocycles. The molecule has 0 amide bonds. The number of carboxylic acids is 3. The molecule has 0 fully saturated rings. The van der Waals surface area contributed by atoms with Gasteiger partial charge in [-0.1, -0.05) is 0 Å². The molecule has 0 aromatic carbocycles. The SMILES string of the molecule is O.O.O=C([O-])CN(CCN(CC(=O)[O-])CC(=O)O[O-])CC(=O)[O-].[Na+].[Na+].[Na+].[Na+]. The van der Waals surface area contributed by atoms with Crippen LogP contribution in [-0.4, -0.2) is 83.9 Å². The van der Waals surface area contributed by atoms with Crippen molar-refractivity contribution in [2.24, 2.45) is 0 Å². The summed E-state index contributed by atoms with van der Waals surface area (Å²) < 4.78 is 0. The molecule has 0 aromatic heterocycles. The summed E-state index contributed by atoms with van der Waals surface area (Å²) in [6.45, 7) is -3.27. The van der Waals surface area contributed by atoms with Crippen LogP contribution in [-0.2, 0) is 24.1 Å². The van der Waals surface area contributed by atoms with Crippen LogP contribution in [0.2, 0.25) is 0 Å². The van der Waals surface area contributed by atoms with Gasteiger partial charge in [0.25, 0.3) is 0 Å². The van der Waals surface area contributed by atoms with Crippen LogP contribution in [0.5, 0.6) is 0 Å². The number of rotatable bonds is 11. The molecule has 0 bridgehead atoms. The molecule has 17 heteroatoms. The van der Waals surface area contributed by atoms with Crippen molar-refractivity contribution >= 4 is 23.9 Å². The van der Waals surface area contributed by atoms with Gasteiger partial charge in [0.15, 0.2) is 0 Å². The van der Waals surface area contributed by atoms with E-state index in [2.05, 4.69) is 4.89 Å². The zero-order chi connectivity index (χ0) is 16.4. The molecular weight excluding hydrogens is 416 g/mol. The van der Waals surface area contributed by atoms with Gasteiger partial charge in [0, 0.05) is 32.7 Å². The van der Waals surface area contributed by atoms with Crippen molar-refractivity contribution in [2.75, 3.05) is 39.3 Å². The maximum atomic E-state index is 10.8. The smallest absolute Gasteiger partial charge is 0.662 e. The maximum absolute atomic E-state index is 10.8. The van der Waals surface area contributed by atoms with Gasteiger partial charge in [-0.15, -0.1) is 0 Å². The van der Waals surface area contributed by atoms with Crippen molar-refractivity contribution in [3.8, 4) is 0 Å². The molecule has 0 unspecified atom stereocenters. The van der Waals surface area contributed by atoms with Gasteiger partial charge in [0.1, 0.15) is 0 Å². The van der Waals surface area contributed by atoms with Gasteiger partial charge in [0.2, 0.25) is 0 Å². The van der Waals surface area contributed by atoms with Gasteiger partial charge in [-0.2, -0.15) is 0 Å². The minimum Gasteiger partial charge on any atom is -0.662 e. The number of carbonyl (C=O) groups is 4. The van der Waals surface area contributed by atoms with E-state index in [4.69, 9.17) is 0 Å². The minimum absolute atomic E-state index is 0. The van der Waals surface area contributed by atoms with Gasteiger partial charge < -0.3 is 50.8 Å². The Kier molecular flexibility index (Phi) is 47.9. The molecule has 136 valence electrons. The Hall–Kier alpha value is 1.68. The summed E-state index contributed by atoms with van der Waals surface area (Å²) in [5.41, 5.74) is 0. The first kappa shape index (κ1) is 46.8.